The van der Waals surface area contributed by atoms with Gasteiger partial charge in [0.1, 0.15) is 5.75 Å². The van der Waals surface area contributed by atoms with E-state index < -0.39 is 5.91 Å². The first-order chi connectivity index (χ1) is 8.28. The molecule has 0 aliphatic heterocycles. The summed E-state index contributed by atoms with van der Waals surface area (Å²) in [4.78, 5) is 15.1. The van der Waals surface area contributed by atoms with Crippen molar-refractivity contribution in [1.29, 1.82) is 0 Å². The van der Waals surface area contributed by atoms with Crippen LogP contribution in [-0.4, -0.2) is 23.0 Å². The summed E-state index contributed by atoms with van der Waals surface area (Å²) in [6.45, 7) is 8.59. The molecule has 1 heterocycles. The van der Waals surface area contributed by atoms with Crippen LogP contribution in [0.5, 0.6) is 5.75 Å². The average molecular weight is 251 g/mol. The number of aryl methyl sites for hydroxylation is 1. The summed E-state index contributed by atoms with van der Waals surface area (Å²) in [7, 11) is 0. The highest BCUT2D eigenvalue weighted by molar-refractivity contribution is 5.75. The summed E-state index contributed by atoms with van der Waals surface area (Å²) in [5.74, 6) is 0.0986. The lowest BCUT2D eigenvalue weighted by atomic mass is 10.1. The van der Waals surface area contributed by atoms with E-state index in [0.717, 1.165) is 11.4 Å². The Kier molecular flexibility index (Phi) is 4.67. The monoisotopic (exact) mass is 251 g/mol. The minimum absolute atomic E-state index is 0.00756. The van der Waals surface area contributed by atoms with Gasteiger partial charge in [0.15, 0.2) is 6.61 Å². The molecule has 0 radical (unpaired) electrons. The van der Waals surface area contributed by atoms with Gasteiger partial charge in [-0.3, -0.25) is 9.78 Å². The smallest absolute Gasteiger partial charge is 0.255 e. The molecule has 3 N–H and O–H groups in total. The molecule has 1 rings (SSSR count). The lowest BCUT2D eigenvalue weighted by Gasteiger charge is -2.21. The normalized spacial score (nSPS) is 11.3. The van der Waals surface area contributed by atoms with Crippen molar-refractivity contribution in [2.45, 2.75) is 39.8 Å². The van der Waals surface area contributed by atoms with Gasteiger partial charge in [-0.15, -0.1) is 0 Å². The van der Waals surface area contributed by atoms with Crippen molar-refractivity contribution in [2.24, 2.45) is 5.73 Å². The summed E-state index contributed by atoms with van der Waals surface area (Å²) in [6.07, 6.45) is 0. The van der Waals surface area contributed by atoms with Gasteiger partial charge in [-0.05, 0) is 39.8 Å². The summed E-state index contributed by atoms with van der Waals surface area (Å²) < 4.78 is 5.34. The van der Waals surface area contributed by atoms with Crippen LogP contribution in [0.15, 0.2) is 12.1 Å². The number of nitrogens with one attached hydrogen (secondary N) is 1. The van der Waals surface area contributed by atoms with Gasteiger partial charge in [-0.2, -0.15) is 0 Å². The molecule has 0 aromatic carbocycles. The highest BCUT2D eigenvalue weighted by Crippen LogP contribution is 2.17. The van der Waals surface area contributed by atoms with Crippen molar-refractivity contribution in [3.63, 3.8) is 0 Å². The zero-order valence-corrected chi connectivity index (χ0v) is 11.4. The number of carbonyl (C=O) groups is 1. The number of pyridine rings is 1. The minimum Gasteiger partial charge on any atom is -0.482 e. The maximum atomic E-state index is 10.7. The number of nitrogens with zero attached hydrogens (tertiary/aromatic N) is 1. The minimum atomic E-state index is -0.495. The van der Waals surface area contributed by atoms with Gasteiger partial charge in [-0.25, -0.2) is 0 Å². The Hall–Kier alpha value is -1.62. The van der Waals surface area contributed by atoms with Crippen molar-refractivity contribution < 1.29 is 9.53 Å². The van der Waals surface area contributed by atoms with E-state index in [1.165, 1.54) is 0 Å². The number of amides is 1. The number of primary amides is 1. The SMILES string of the molecule is Cc1ccc(OCC(N)=O)c(CNC(C)(C)C)n1. The standard InChI is InChI=1S/C13H21N3O2/c1-9-5-6-11(18-8-12(14)17)10(16-9)7-15-13(2,3)4/h5-6,15H,7-8H2,1-4H3,(H2,14,17). The number of rotatable bonds is 5. The summed E-state index contributed by atoms with van der Waals surface area (Å²) in [6, 6.07) is 3.65. The average Bonchev–Trinajstić information content (AvgIpc) is 2.23. The van der Waals surface area contributed by atoms with E-state index >= 15 is 0 Å². The van der Waals surface area contributed by atoms with Crippen LogP contribution in [0.1, 0.15) is 32.2 Å². The molecule has 0 saturated heterocycles. The third-order valence-corrected chi connectivity index (χ3v) is 2.23. The van der Waals surface area contributed by atoms with Crippen LogP contribution in [0.25, 0.3) is 0 Å². The van der Waals surface area contributed by atoms with E-state index in [2.05, 4.69) is 31.1 Å². The zero-order chi connectivity index (χ0) is 13.8. The van der Waals surface area contributed by atoms with E-state index in [9.17, 15) is 4.79 Å². The lowest BCUT2D eigenvalue weighted by molar-refractivity contribution is -0.119. The molecule has 0 atom stereocenters. The maximum absolute atomic E-state index is 10.7. The molecule has 0 aliphatic carbocycles. The van der Waals surface area contributed by atoms with Gasteiger partial charge in [0.2, 0.25) is 0 Å². The first-order valence-corrected chi connectivity index (χ1v) is 5.90. The van der Waals surface area contributed by atoms with E-state index in [1.54, 1.807) is 0 Å². The van der Waals surface area contributed by atoms with Crippen LogP contribution in [0.2, 0.25) is 0 Å². The Morgan fingerprint density at radius 2 is 2.11 bits per heavy atom. The van der Waals surface area contributed by atoms with Crippen LogP contribution in [0, 0.1) is 6.92 Å². The molecule has 0 aliphatic rings. The quantitative estimate of drug-likeness (QED) is 0.822. The molecule has 1 amide bonds. The molecule has 1 aromatic rings. The van der Waals surface area contributed by atoms with Gasteiger partial charge in [0.25, 0.3) is 5.91 Å². The van der Waals surface area contributed by atoms with E-state index in [0.29, 0.717) is 12.3 Å². The lowest BCUT2D eigenvalue weighted by Crippen LogP contribution is -2.35. The van der Waals surface area contributed by atoms with Crippen LogP contribution in [0.4, 0.5) is 0 Å². The number of hydrogen-bond acceptors (Lipinski definition) is 4. The van der Waals surface area contributed by atoms with Gasteiger partial charge in [0, 0.05) is 17.8 Å². The van der Waals surface area contributed by atoms with E-state index in [1.807, 2.05) is 19.1 Å². The first kappa shape index (κ1) is 14.4. The number of aromatic nitrogens is 1. The maximum Gasteiger partial charge on any atom is 0.255 e. The van der Waals surface area contributed by atoms with Crippen molar-refractivity contribution in [3.05, 3.63) is 23.5 Å². The predicted molar refractivity (Wildman–Crippen MR) is 70.3 cm³/mol. The van der Waals surface area contributed by atoms with Gasteiger partial charge < -0.3 is 15.8 Å². The number of hydrogen-bond donors (Lipinski definition) is 2. The second-order valence-electron chi connectivity index (χ2n) is 5.26. The third kappa shape index (κ3) is 5.14. The zero-order valence-electron chi connectivity index (χ0n) is 11.4. The van der Waals surface area contributed by atoms with Crippen LogP contribution in [-0.2, 0) is 11.3 Å². The topological polar surface area (TPSA) is 77.2 Å². The summed E-state index contributed by atoms with van der Waals surface area (Å²) >= 11 is 0. The molecular formula is C13H21N3O2. The summed E-state index contributed by atoms with van der Waals surface area (Å²) in [5, 5.41) is 3.33. The fourth-order valence-electron chi connectivity index (χ4n) is 1.35. The van der Waals surface area contributed by atoms with Gasteiger partial charge in [-0.1, -0.05) is 0 Å². The van der Waals surface area contributed by atoms with E-state index in [-0.39, 0.29) is 12.1 Å². The molecule has 5 heteroatoms. The van der Waals surface area contributed by atoms with Gasteiger partial charge in [0.05, 0.1) is 5.69 Å². The second-order valence-corrected chi connectivity index (χ2v) is 5.26. The number of carbonyl (C=O) groups excluding carboxylic acids is 1. The van der Waals surface area contributed by atoms with Crippen molar-refractivity contribution in [1.82, 2.24) is 10.3 Å². The molecule has 100 valence electrons. The largest absolute Gasteiger partial charge is 0.482 e. The second kappa shape index (κ2) is 5.82. The molecule has 0 bridgehead atoms. The molecule has 18 heavy (non-hydrogen) atoms. The van der Waals surface area contributed by atoms with Crippen LogP contribution in [0.3, 0.4) is 0 Å². The molecule has 5 nitrogen and oxygen atoms in total. The molecule has 0 spiro atoms. The predicted octanol–water partition coefficient (Wildman–Crippen LogP) is 1.14. The molecule has 1 aromatic heterocycles. The van der Waals surface area contributed by atoms with Crippen LogP contribution >= 0.6 is 0 Å². The Morgan fingerprint density at radius 3 is 2.67 bits per heavy atom. The Balaban J connectivity index is 2.79. The highest BCUT2D eigenvalue weighted by atomic mass is 16.5. The number of nitrogens with two attached hydrogens (primary N) is 1. The molecular weight excluding hydrogens is 230 g/mol. The van der Waals surface area contributed by atoms with Crippen LogP contribution < -0.4 is 15.8 Å². The van der Waals surface area contributed by atoms with Gasteiger partial charge >= 0.3 is 0 Å². The fraction of sp³-hybridized carbons (Fsp3) is 0.538. The molecule has 0 fully saturated rings. The Bertz CT molecular complexity index is 425. The van der Waals surface area contributed by atoms with E-state index in [4.69, 9.17) is 10.5 Å². The third-order valence-electron chi connectivity index (χ3n) is 2.23. The Labute approximate surface area is 108 Å². The molecule has 0 unspecified atom stereocenters. The summed E-state index contributed by atoms with van der Waals surface area (Å²) in [5.41, 5.74) is 6.75. The van der Waals surface area contributed by atoms with Crippen molar-refractivity contribution in [2.75, 3.05) is 6.61 Å². The Morgan fingerprint density at radius 1 is 1.44 bits per heavy atom. The first-order valence-electron chi connectivity index (χ1n) is 5.90. The molecule has 0 saturated carbocycles. The highest BCUT2D eigenvalue weighted by Gasteiger charge is 2.12. The van der Waals surface area contributed by atoms with Crippen molar-refractivity contribution >= 4 is 5.91 Å². The number of ether oxygens (including phenoxy) is 1. The van der Waals surface area contributed by atoms with Crippen molar-refractivity contribution in [3.8, 4) is 5.75 Å². The fourth-order valence-corrected chi connectivity index (χ4v) is 1.35.